The predicted molar refractivity (Wildman–Crippen MR) is 131 cm³/mol. The minimum Gasteiger partial charge on any atom is -0.512 e. The van der Waals surface area contributed by atoms with Gasteiger partial charge in [0, 0.05) is 35.6 Å². The van der Waals surface area contributed by atoms with Crippen LogP contribution in [0.5, 0.6) is 0 Å². The molecule has 0 amide bonds. The number of fused-ring (bicyclic) bond motifs is 1. The third-order valence-corrected chi connectivity index (χ3v) is 7.43. The number of carbonyl (C=O) groups is 1. The van der Waals surface area contributed by atoms with Gasteiger partial charge in [0.05, 0.1) is 5.57 Å². The number of hydrogen-bond acceptors (Lipinski definition) is 7. The molecular weight excluding hydrogens is 442 g/mol. The maximum atomic E-state index is 13.3. The van der Waals surface area contributed by atoms with Gasteiger partial charge in [-0.3, -0.25) is 4.98 Å². The molecule has 3 aromatic heterocycles. The van der Waals surface area contributed by atoms with Crippen LogP contribution in [-0.4, -0.2) is 41.2 Å². The summed E-state index contributed by atoms with van der Waals surface area (Å²) in [7, 11) is 0. The lowest BCUT2D eigenvalue weighted by Crippen LogP contribution is -2.46. The summed E-state index contributed by atoms with van der Waals surface area (Å²) in [6, 6.07) is 6.11. The first-order chi connectivity index (χ1) is 16.7. The lowest BCUT2D eigenvalue weighted by Gasteiger charge is -2.41. The zero-order valence-electron chi connectivity index (χ0n) is 21.0. The fourth-order valence-corrected chi connectivity index (χ4v) is 5.85. The molecule has 1 fully saturated rings. The van der Waals surface area contributed by atoms with Gasteiger partial charge >= 0.3 is 5.97 Å². The summed E-state index contributed by atoms with van der Waals surface area (Å²) < 4.78 is 7.92. The van der Waals surface area contributed by atoms with E-state index < -0.39 is 11.6 Å². The van der Waals surface area contributed by atoms with Gasteiger partial charge in [0.2, 0.25) is 0 Å². The normalized spacial score (nSPS) is 21.2. The summed E-state index contributed by atoms with van der Waals surface area (Å²) in [5, 5.41) is 15.7. The first kappa shape index (κ1) is 23.5. The van der Waals surface area contributed by atoms with Crippen molar-refractivity contribution in [3.8, 4) is 0 Å². The molecule has 0 spiro atoms. The van der Waals surface area contributed by atoms with Crippen molar-refractivity contribution in [3.05, 3.63) is 63.7 Å². The molecule has 1 aliphatic carbocycles. The van der Waals surface area contributed by atoms with Crippen LogP contribution in [0.15, 0.2) is 29.5 Å². The summed E-state index contributed by atoms with van der Waals surface area (Å²) >= 11 is 0. The van der Waals surface area contributed by atoms with Crippen LogP contribution >= 0.6 is 0 Å². The predicted octanol–water partition coefficient (Wildman–Crippen LogP) is 4.62. The highest BCUT2D eigenvalue weighted by molar-refractivity contribution is 5.90. The number of ether oxygens (including phenoxy) is 1. The lowest BCUT2D eigenvalue weighted by atomic mass is 9.76. The van der Waals surface area contributed by atoms with Crippen LogP contribution in [-0.2, 0) is 22.4 Å². The molecule has 8 nitrogen and oxygen atoms in total. The standard InChI is InChI=1S/C27H33N5O3/c1-16-11-19(4)32-26(29-16)30-24(31-32)14-22-23(33)15-27(35-25(22)34,21-7-5-6-8-21)10-9-20-12-17(2)28-18(3)13-20/h11-13,21,33H,5-10,14-15H2,1-4H3. The summed E-state index contributed by atoms with van der Waals surface area (Å²) in [4.78, 5) is 26.7. The Bertz CT molecular complexity index is 1300. The molecule has 0 bridgehead atoms. The molecule has 3 aromatic rings. The van der Waals surface area contributed by atoms with Crippen molar-refractivity contribution in [2.24, 2.45) is 5.92 Å². The number of aryl methyl sites for hydroxylation is 5. The summed E-state index contributed by atoms with van der Waals surface area (Å²) in [6.07, 6.45) is 6.21. The third kappa shape index (κ3) is 4.66. The summed E-state index contributed by atoms with van der Waals surface area (Å²) in [5.41, 5.74) is 4.49. The second kappa shape index (κ2) is 9.06. The van der Waals surface area contributed by atoms with E-state index in [2.05, 4.69) is 32.2 Å². The van der Waals surface area contributed by atoms with Gasteiger partial charge in [0.25, 0.3) is 5.78 Å². The maximum Gasteiger partial charge on any atom is 0.338 e. The zero-order chi connectivity index (χ0) is 24.7. The molecule has 5 rings (SSSR count). The second-order valence-corrected chi connectivity index (χ2v) is 10.3. The highest BCUT2D eigenvalue weighted by atomic mass is 16.6. The fraction of sp³-hybridized carbons (Fsp3) is 0.519. The molecule has 1 N–H and O–H groups in total. The van der Waals surface area contributed by atoms with Crippen LogP contribution in [0.3, 0.4) is 0 Å². The van der Waals surface area contributed by atoms with Crippen molar-refractivity contribution < 1.29 is 14.6 Å². The summed E-state index contributed by atoms with van der Waals surface area (Å²) in [5.74, 6) is 0.838. The van der Waals surface area contributed by atoms with Gasteiger partial charge in [0.15, 0.2) is 5.82 Å². The Labute approximate surface area is 205 Å². The molecular formula is C27H33N5O3. The Morgan fingerprint density at radius 2 is 1.71 bits per heavy atom. The van der Waals surface area contributed by atoms with Gasteiger partial charge in [0.1, 0.15) is 11.4 Å². The number of aliphatic hydroxyl groups is 1. The van der Waals surface area contributed by atoms with E-state index in [1.807, 2.05) is 33.8 Å². The van der Waals surface area contributed by atoms with Gasteiger partial charge in [-0.05, 0) is 83.1 Å². The number of carbonyl (C=O) groups excluding carboxylic acids is 1. The largest absolute Gasteiger partial charge is 0.512 e. The molecule has 35 heavy (non-hydrogen) atoms. The van der Waals surface area contributed by atoms with Crippen molar-refractivity contribution in [2.75, 3.05) is 0 Å². The van der Waals surface area contributed by atoms with E-state index in [4.69, 9.17) is 4.74 Å². The van der Waals surface area contributed by atoms with Crippen LogP contribution in [0.1, 0.15) is 72.7 Å². The van der Waals surface area contributed by atoms with Gasteiger partial charge in [-0.1, -0.05) is 12.8 Å². The van der Waals surface area contributed by atoms with E-state index in [0.29, 0.717) is 24.4 Å². The molecule has 184 valence electrons. The SMILES string of the molecule is Cc1cc(CCC2(C3CCCC3)CC(O)=C(Cc3nc4nc(C)cc(C)n4n3)C(=O)O2)cc(C)n1. The number of cyclic esters (lactones) is 1. The number of pyridine rings is 1. The number of nitrogens with zero attached hydrogens (tertiary/aromatic N) is 5. The van der Waals surface area contributed by atoms with Crippen LogP contribution in [0.2, 0.25) is 0 Å². The average molecular weight is 476 g/mol. The molecule has 2 aliphatic rings. The van der Waals surface area contributed by atoms with Crippen molar-refractivity contribution in [1.82, 2.24) is 24.6 Å². The lowest BCUT2D eigenvalue weighted by molar-refractivity contribution is -0.167. The van der Waals surface area contributed by atoms with Gasteiger partial charge in [-0.2, -0.15) is 4.98 Å². The van der Waals surface area contributed by atoms with Gasteiger partial charge in [-0.15, -0.1) is 5.10 Å². The smallest absolute Gasteiger partial charge is 0.338 e. The van der Waals surface area contributed by atoms with E-state index in [0.717, 1.165) is 54.9 Å². The minimum atomic E-state index is -0.687. The van der Waals surface area contributed by atoms with E-state index in [-0.39, 0.29) is 23.7 Å². The first-order valence-electron chi connectivity index (χ1n) is 12.5. The Hall–Kier alpha value is -3.29. The fourth-order valence-electron chi connectivity index (χ4n) is 5.85. The van der Waals surface area contributed by atoms with Gasteiger partial charge < -0.3 is 9.84 Å². The van der Waals surface area contributed by atoms with E-state index in [1.54, 1.807) is 4.52 Å². The number of aromatic nitrogens is 5. The van der Waals surface area contributed by atoms with Crippen LogP contribution in [0.4, 0.5) is 0 Å². The number of esters is 1. The Kier molecular flexibility index (Phi) is 6.07. The first-order valence-corrected chi connectivity index (χ1v) is 12.5. The molecule has 0 radical (unpaired) electrons. The molecule has 0 aromatic carbocycles. The molecule has 4 heterocycles. The number of rotatable bonds is 6. The minimum absolute atomic E-state index is 0.106. The number of hydrogen-bond donors (Lipinski definition) is 1. The molecule has 0 saturated heterocycles. The Balaban J connectivity index is 1.42. The Morgan fingerprint density at radius 3 is 2.40 bits per heavy atom. The van der Waals surface area contributed by atoms with Gasteiger partial charge in [-0.25, -0.2) is 14.3 Å². The maximum absolute atomic E-state index is 13.3. The highest BCUT2D eigenvalue weighted by Gasteiger charge is 2.48. The van der Waals surface area contributed by atoms with E-state index >= 15 is 0 Å². The molecule has 1 aliphatic heterocycles. The topological polar surface area (TPSA) is 102 Å². The molecule has 1 unspecified atom stereocenters. The van der Waals surface area contributed by atoms with Crippen molar-refractivity contribution in [1.29, 1.82) is 0 Å². The van der Waals surface area contributed by atoms with Crippen LogP contribution in [0, 0.1) is 33.6 Å². The van der Waals surface area contributed by atoms with Crippen molar-refractivity contribution in [2.45, 2.75) is 84.7 Å². The highest BCUT2D eigenvalue weighted by Crippen LogP contribution is 2.46. The van der Waals surface area contributed by atoms with Crippen LogP contribution in [0.25, 0.3) is 5.78 Å². The van der Waals surface area contributed by atoms with Crippen molar-refractivity contribution >= 4 is 11.7 Å². The third-order valence-electron chi connectivity index (χ3n) is 7.43. The average Bonchev–Trinajstić information content (AvgIpc) is 3.45. The Morgan fingerprint density at radius 1 is 1.03 bits per heavy atom. The summed E-state index contributed by atoms with van der Waals surface area (Å²) in [6.45, 7) is 7.84. The van der Waals surface area contributed by atoms with E-state index in [1.165, 1.54) is 5.56 Å². The monoisotopic (exact) mass is 475 g/mol. The quantitative estimate of drug-likeness (QED) is 0.519. The zero-order valence-corrected chi connectivity index (χ0v) is 21.0. The van der Waals surface area contributed by atoms with Crippen LogP contribution < -0.4 is 0 Å². The van der Waals surface area contributed by atoms with E-state index in [9.17, 15) is 9.90 Å². The molecule has 1 saturated carbocycles. The molecule has 8 heteroatoms. The number of aliphatic hydroxyl groups excluding tert-OH is 1. The second-order valence-electron chi connectivity index (χ2n) is 10.3. The molecule has 1 atom stereocenters. The van der Waals surface area contributed by atoms with Crippen molar-refractivity contribution in [3.63, 3.8) is 0 Å².